The summed E-state index contributed by atoms with van der Waals surface area (Å²) >= 11 is 0. The van der Waals surface area contributed by atoms with E-state index in [2.05, 4.69) is 11.6 Å². The fourth-order valence-corrected chi connectivity index (χ4v) is 5.00. The summed E-state index contributed by atoms with van der Waals surface area (Å²) in [4.78, 5) is 0.344. The second kappa shape index (κ2) is 5.97. The predicted molar refractivity (Wildman–Crippen MR) is 86.8 cm³/mol. The van der Waals surface area contributed by atoms with Crippen molar-refractivity contribution in [2.75, 3.05) is 12.3 Å². The van der Waals surface area contributed by atoms with E-state index in [4.69, 9.17) is 5.73 Å². The highest BCUT2D eigenvalue weighted by molar-refractivity contribution is 7.89. The summed E-state index contributed by atoms with van der Waals surface area (Å²) in [6.45, 7) is 8.26. The van der Waals surface area contributed by atoms with Crippen molar-refractivity contribution in [3.05, 3.63) is 22.8 Å². The largest absolute Gasteiger partial charge is 0.398 e. The molecule has 2 rings (SSSR count). The molecule has 1 saturated carbocycles. The van der Waals surface area contributed by atoms with Crippen LogP contribution in [0.15, 0.2) is 11.0 Å². The van der Waals surface area contributed by atoms with Crippen LogP contribution in [0.2, 0.25) is 0 Å². The van der Waals surface area contributed by atoms with Gasteiger partial charge in [0.1, 0.15) is 0 Å². The topological polar surface area (TPSA) is 72.2 Å². The van der Waals surface area contributed by atoms with Crippen molar-refractivity contribution in [1.82, 2.24) is 4.72 Å². The summed E-state index contributed by atoms with van der Waals surface area (Å²) in [5.41, 5.74) is 8.89. The van der Waals surface area contributed by atoms with Crippen molar-refractivity contribution >= 4 is 15.7 Å². The van der Waals surface area contributed by atoms with Crippen LogP contribution in [0.25, 0.3) is 0 Å². The molecule has 1 aromatic rings. The zero-order valence-electron chi connectivity index (χ0n) is 13.4. The molecule has 1 fully saturated rings. The van der Waals surface area contributed by atoms with Gasteiger partial charge >= 0.3 is 0 Å². The lowest BCUT2D eigenvalue weighted by atomic mass is 10.1. The molecule has 4 nitrogen and oxygen atoms in total. The first-order valence-electron chi connectivity index (χ1n) is 7.58. The Morgan fingerprint density at radius 3 is 2.48 bits per heavy atom. The Balaban J connectivity index is 2.22. The molecule has 0 aromatic heterocycles. The molecule has 0 saturated heterocycles. The minimum atomic E-state index is -3.50. The van der Waals surface area contributed by atoms with Crippen molar-refractivity contribution in [3.63, 3.8) is 0 Å². The molecule has 1 aromatic carbocycles. The summed E-state index contributed by atoms with van der Waals surface area (Å²) in [6, 6.07) is 1.84. The van der Waals surface area contributed by atoms with Crippen LogP contribution in [0.3, 0.4) is 0 Å². The number of anilines is 1. The second-order valence-corrected chi connectivity index (χ2v) is 8.22. The highest BCUT2D eigenvalue weighted by atomic mass is 32.2. The number of rotatable bonds is 4. The first-order chi connectivity index (χ1) is 9.72. The standard InChI is InChI=1S/C16H26N2O2S/c1-10-5-6-14(7-10)9-18-21(19,20)16-12(3)8-11(2)15(17)13(16)4/h8,10,14,18H,5-7,9,17H2,1-4H3. The van der Waals surface area contributed by atoms with Crippen LogP contribution in [-0.2, 0) is 10.0 Å². The molecule has 0 radical (unpaired) electrons. The molecule has 118 valence electrons. The predicted octanol–water partition coefficient (Wildman–Crippen LogP) is 2.91. The number of hydrogen-bond donors (Lipinski definition) is 2. The first-order valence-corrected chi connectivity index (χ1v) is 9.06. The van der Waals surface area contributed by atoms with Gasteiger partial charge in [0.05, 0.1) is 4.90 Å². The van der Waals surface area contributed by atoms with Gasteiger partial charge < -0.3 is 5.73 Å². The monoisotopic (exact) mass is 310 g/mol. The molecule has 0 heterocycles. The van der Waals surface area contributed by atoms with Gasteiger partial charge in [-0.1, -0.05) is 19.4 Å². The molecule has 2 unspecified atom stereocenters. The molecular weight excluding hydrogens is 284 g/mol. The van der Waals surface area contributed by atoms with E-state index >= 15 is 0 Å². The number of aryl methyl sites for hydroxylation is 2. The fourth-order valence-electron chi connectivity index (χ4n) is 3.41. The molecule has 1 aliphatic carbocycles. The zero-order valence-corrected chi connectivity index (χ0v) is 14.2. The van der Waals surface area contributed by atoms with Crippen molar-refractivity contribution in [1.29, 1.82) is 0 Å². The molecule has 3 N–H and O–H groups in total. The highest BCUT2D eigenvalue weighted by Crippen LogP contribution is 2.31. The Labute approximate surface area is 128 Å². The van der Waals surface area contributed by atoms with E-state index in [1.54, 1.807) is 6.92 Å². The number of hydrogen-bond acceptors (Lipinski definition) is 3. The summed E-state index contributed by atoms with van der Waals surface area (Å²) in [7, 11) is -3.50. The Kier molecular flexibility index (Phi) is 4.63. The molecule has 0 spiro atoms. The maximum Gasteiger partial charge on any atom is 0.241 e. The van der Waals surface area contributed by atoms with Crippen molar-refractivity contribution in [3.8, 4) is 0 Å². The van der Waals surface area contributed by atoms with Gasteiger partial charge in [0, 0.05) is 12.2 Å². The Morgan fingerprint density at radius 1 is 1.24 bits per heavy atom. The molecular formula is C16H26N2O2S. The van der Waals surface area contributed by atoms with Crippen LogP contribution in [-0.4, -0.2) is 15.0 Å². The molecule has 0 bridgehead atoms. The lowest BCUT2D eigenvalue weighted by Gasteiger charge is -2.17. The van der Waals surface area contributed by atoms with E-state index < -0.39 is 10.0 Å². The van der Waals surface area contributed by atoms with Gasteiger partial charge in [0.25, 0.3) is 0 Å². The minimum Gasteiger partial charge on any atom is -0.398 e. The van der Waals surface area contributed by atoms with Crippen molar-refractivity contribution in [2.45, 2.75) is 51.9 Å². The van der Waals surface area contributed by atoms with Crippen LogP contribution in [0.5, 0.6) is 0 Å². The molecule has 21 heavy (non-hydrogen) atoms. The summed E-state index contributed by atoms with van der Waals surface area (Å²) < 4.78 is 28.0. The lowest BCUT2D eigenvalue weighted by Crippen LogP contribution is -2.30. The Hall–Kier alpha value is -1.07. The summed E-state index contributed by atoms with van der Waals surface area (Å²) in [6.07, 6.45) is 3.41. The maximum absolute atomic E-state index is 12.6. The number of nitrogens with two attached hydrogens (primary N) is 1. The summed E-state index contributed by atoms with van der Waals surface area (Å²) in [5.74, 6) is 1.16. The van der Waals surface area contributed by atoms with Crippen LogP contribution in [0.4, 0.5) is 5.69 Å². The fraction of sp³-hybridized carbons (Fsp3) is 0.625. The van der Waals surface area contributed by atoms with E-state index in [0.29, 0.717) is 34.5 Å². The number of benzene rings is 1. The average Bonchev–Trinajstić information content (AvgIpc) is 2.79. The van der Waals surface area contributed by atoms with E-state index in [-0.39, 0.29) is 0 Å². The van der Waals surface area contributed by atoms with E-state index in [0.717, 1.165) is 24.0 Å². The van der Waals surface area contributed by atoms with Gasteiger partial charge in [-0.15, -0.1) is 0 Å². The number of sulfonamides is 1. The van der Waals surface area contributed by atoms with Crippen LogP contribution in [0.1, 0.15) is 42.9 Å². The van der Waals surface area contributed by atoms with Gasteiger partial charge in [0.15, 0.2) is 0 Å². The summed E-state index contributed by atoms with van der Waals surface area (Å²) in [5, 5.41) is 0. The Bertz CT molecular complexity index is 638. The Morgan fingerprint density at radius 2 is 1.90 bits per heavy atom. The SMILES string of the molecule is Cc1cc(C)c(S(=O)(=O)NCC2CCC(C)C2)c(C)c1N. The minimum absolute atomic E-state index is 0.344. The van der Waals surface area contributed by atoms with Crippen molar-refractivity contribution < 1.29 is 8.42 Å². The molecule has 0 aliphatic heterocycles. The smallest absolute Gasteiger partial charge is 0.241 e. The van der Waals surface area contributed by atoms with Gasteiger partial charge in [-0.2, -0.15) is 0 Å². The van der Waals surface area contributed by atoms with Crippen molar-refractivity contribution in [2.24, 2.45) is 11.8 Å². The van der Waals surface area contributed by atoms with Gasteiger partial charge in [-0.05, 0) is 62.1 Å². The second-order valence-electron chi connectivity index (χ2n) is 6.51. The first kappa shape index (κ1) is 16.3. The zero-order chi connectivity index (χ0) is 15.8. The van der Waals surface area contributed by atoms with Crippen LogP contribution >= 0.6 is 0 Å². The molecule has 5 heteroatoms. The van der Waals surface area contributed by atoms with E-state index in [1.807, 2.05) is 19.9 Å². The van der Waals surface area contributed by atoms with E-state index in [1.165, 1.54) is 6.42 Å². The average molecular weight is 310 g/mol. The molecule has 2 atom stereocenters. The highest BCUT2D eigenvalue weighted by Gasteiger charge is 2.26. The number of nitrogen functional groups attached to an aromatic ring is 1. The van der Waals surface area contributed by atoms with Gasteiger partial charge in [-0.25, -0.2) is 13.1 Å². The maximum atomic E-state index is 12.6. The van der Waals surface area contributed by atoms with Crippen LogP contribution in [0, 0.1) is 32.6 Å². The third-order valence-corrected chi connectivity index (χ3v) is 6.31. The lowest BCUT2D eigenvalue weighted by molar-refractivity contribution is 0.498. The molecule has 0 amide bonds. The van der Waals surface area contributed by atoms with Gasteiger partial charge in [0.2, 0.25) is 10.0 Å². The van der Waals surface area contributed by atoms with E-state index in [9.17, 15) is 8.42 Å². The van der Waals surface area contributed by atoms with Crippen LogP contribution < -0.4 is 10.5 Å². The van der Waals surface area contributed by atoms with Gasteiger partial charge in [-0.3, -0.25) is 0 Å². The third-order valence-electron chi connectivity index (χ3n) is 4.59. The quantitative estimate of drug-likeness (QED) is 0.840. The normalized spacial score (nSPS) is 22.7. The number of nitrogens with one attached hydrogen (secondary N) is 1. The third kappa shape index (κ3) is 3.40. The molecule has 1 aliphatic rings.